The number of ether oxygens (including phenoxy) is 1. The second-order valence-electron chi connectivity index (χ2n) is 6.11. The topological polar surface area (TPSA) is 96.9 Å². The molecule has 0 aromatic carbocycles. The fraction of sp³-hybridized carbons (Fsp3) is 0.278. The highest BCUT2D eigenvalue weighted by Gasteiger charge is 2.27. The van der Waals surface area contributed by atoms with Crippen molar-refractivity contribution in [3.05, 3.63) is 60.2 Å². The molecular weight excluding hydrogens is 332 g/mol. The fourth-order valence-corrected chi connectivity index (χ4v) is 2.85. The van der Waals surface area contributed by atoms with E-state index in [1.807, 2.05) is 25.3 Å². The van der Waals surface area contributed by atoms with Crippen LogP contribution in [-0.4, -0.2) is 55.7 Å². The molecule has 3 aromatic heterocycles. The van der Waals surface area contributed by atoms with E-state index in [0.717, 1.165) is 22.5 Å². The maximum Gasteiger partial charge on any atom is 0.274 e. The molecule has 4 heterocycles. The van der Waals surface area contributed by atoms with Crippen molar-refractivity contribution in [1.82, 2.24) is 30.0 Å². The number of aromatic nitrogens is 5. The van der Waals surface area contributed by atoms with Crippen molar-refractivity contribution in [1.29, 1.82) is 0 Å². The lowest BCUT2D eigenvalue weighted by molar-refractivity contribution is -0.0249. The molecule has 1 saturated heterocycles. The van der Waals surface area contributed by atoms with Crippen LogP contribution in [-0.2, 0) is 4.74 Å². The summed E-state index contributed by atoms with van der Waals surface area (Å²) in [6, 6.07) is 3.90. The number of H-pyrrole nitrogens is 1. The van der Waals surface area contributed by atoms with Gasteiger partial charge in [0.15, 0.2) is 0 Å². The number of amides is 1. The van der Waals surface area contributed by atoms with E-state index in [2.05, 4.69) is 25.1 Å². The lowest BCUT2D eigenvalue weighted by Gasteiger charge is -2.32. The van der Waals surface area contributed by atoms with Crippen LogP contribution in [0.4, 0.5) is 0 Å². The highest BCUT2D eigenvalue weighted by atomic mass is 16.5. The molecule has 1 unspecified atom stereocenters. The van der Waals surface area contributed by atoms with E-state index in [1.165, 1.54) is 6.20 Å². The van der Waals surface area contributed by atoms with Crippen LogP contribution in [0.15, 0.2) is 43.1 Å². The van der Waals surface area contributed by atoms with Crippen LogP contribution in [0.25, 0.3) is 11.1 Å². The monoisotopic (exact) mass is 350 g/mol. The number of nitrogens with zero attached hydrogens (tertiary/aromatic N) is 5. The highest BCUT2D eigenvalue weighted by Crippen LogP contribution is 2.24. The Morgan fingerprint density at radius 1 is 1.15 bits per heavy atom. The Labute approximate surface area is 150 Å². The van der Waals surface area contributed by atoms with Crippen molar-refractivity contribution in [2.45, 2.75) is 13.0 Å². The van der Waals surface area contributed by atoms with E-state index >= 15 is 0 Å². The van der Waals surface area contributed by atoms with Gasteiger partial charge in [0.1, 0.15) is 11.8 Å². The normalized spacial score (nSPS) is 17.3. The van der Waals surface area contributed by atoms with Crippen LogP contribution in [0, 0.1) is 6.92 Å². The van der Waals surface area contributed by atoms with Crippen LogP contribution < -0.4 is 0 Å². The number of morpholine rings is 1. The molecule has 1 aliphatic heterocycles. The second-order valence-corrected chi connectivity index (χ2v) is 6.11. The SMILES string of the molecule is Cc1cnc(C(=O)N2CCOC(c3ccc(-c4cn[nH]c4)cn3)C2)cn1. The van der Waals surface area contributed by atoms with Crippen LogP contribution in [0.5, 0.6) is 0 Å². The quantitative estimate of drug-likeness (QED) is 0.773. The third kappa shape index (κ3) is 3.31. The molecule has 1 atom stereocenters. The van der Waals surface area contributed by atoms with Gasteiger partial charge in [-0.3, -0.25) is 19.9 Å². The van der Waals surface area contributed by atoms with Gasteiger partial charge >= 0.3 is 0 Å². The number of hydrogen-bond donors (Lipinski definition) is 1. The van der Waals surface area contributed by atoms with Gasteiger partial charge in [-0.05, 0) is 13.0 Å². The van der Waals surface area contributed by atoms with Crippen molar-refractivity contribution in [2.24, 2.45) is 0 Å². The molecule has 3 aromatic rings. The lowest BCUT2D eigenvalue weighted by Crippen LogP contribution is -2.42. The summed E-state index contributed by atoms with van der Waals surface area (Å²) in [6.07, 6.45) is 8.20. The molecule has 1 fully saturated rings. The average Bonchev–Trinajstić information content (AvgIpc) is 3.23. The molecule has 0 bridgehead atoms. The van der Waals surface area contributed by atoms with Crippen LogP contribution in [0.2, 0.25) is 0 Å². The summed E-state index contributed by atoms with van der Waals surface area (Å²) in [5.74, 6) is -0.138. The first kappa shape index (κ1) is 16.3. The fourth-order valence-electron chi connectivity index (χ4n) is 2.85. The van der Waals surface area contributed by atoms with E-state index in [1.54, 1.807) is 23.5 Å². The number of carbonyl (C=O) groups excluding carboxylic acids is 1. The van der Waals surface area contributed by atoms with Crippen LogP contribution in [0.3, 0.4) is 0 Å². The number of nitrogens with one attached hydrogen (secondary N) is 1. The minimum Gasteiger partial charge on any atom is -0.368 e. The second kappa shape index (κ2) is 7.01. The van der Waals surface area contributed by atoms with Crippen LogP contribution in [0.1, 0.15) is 28.0 Å². The van der Waals surface area contributed by atoms with E-state index in [0.29, 0.717) is 25.4 Å². The number of hydrogen-bond acceptors (Lipinski definition) is 6. The number of carbonyl (C=O) groups is 1. The molecule has 132 valence electrons. The lowest BCUT2D eigenvalue weighted by atomic mass is 10.1. The molecular formula is C18H18N6O2. The predicted octanol–water partition coefficient (Wildman–Crippen LogP) is 1.78. The molecule has 26 heavy (non-hydrogen) atoms. The maximum atomic E-state index is 12.6. The maximum absolute atomic E-state index is 12.6. The van der Waals surface area contributed by atoms with Gasteiger partial charge < -0.3 is 9.64 Å². The Hall–Kier alpha value is -3.13. The number of pyridine rings is 1. The zero-order chi connectivity index (χ0) is 17.9. The third-order valence-electron chi connectivity index (χ3n) is 4.30. The summed E-state index contributed by atoms with van der Waals surface area (Å²) < 4.78 is 5.82. The molecule has 0 radical (unpaired) electrons. The van der Waals surface area contributed by atoms with Crippen molar-refractivity contribution in [3.63, 3.8) is 0 Å². The van der Waals surface area contributed by atoms with Gasteiger partial charge in [-0.2, -0.15) is 5.10 Å². The molecule has 0 saturated carbocycles. The van der Waals surface area contributed by atoms with E-state index in [-0.39, 0.29) is 12.0 Å². The molecule has 8 nitrogen and oxygen atoms in total. The summed E-state index contributed by atoms with van der Waals surface area (Å²) >= 11 is 0. The molecule has 0 spiro atoms. The largest absolute Gasteiger partial charge is 0.368 e. The number of aryl methyl sites for hydroxylation is 1. The van der Waals surface area contributed by atoms with Gasteiger partial charge in [-0.15, -0.1) is 0 Å². The highest BCUT2D eigenvalue weighted by molar-refractivity contribution is 5.92. The molecule has 0 aliphatic carbocycles. The number of rotatable bonds is 3. The van der Waals surface area contributed by atoms with E-state index in [4.69, 9.17) is 4.74 Å². The molecule has 1 N–H and O–H groups in total. The summed E-state index contributed by atoms with van der Waals surface area (Å²) in [5, 5.41) is 6.73. The van der Waals surface area contributed by atoms with Crippen molar-refractivity contribution < 1.29 is 9.53 Å². The third-order valence-corrected chi connectivity index (χ3v) is 4.30. The smallest absolute Gasteiger partial charge is 0.274 e. The van der Waals surface area contributed by atoms with Gasteiger partial charge in [-0.1, -0.05) is 6.07 Å². The van der Waals surface area contributed by atoms with E-state index in [9.17, 15) is 4.79 Å². The van der Waals surface area contributed by atoms with Gasteiger partial charge in [-0.25, -0.2) is 4.98 Å². The Bertz CT molecular complexity index is 877. The zero-order valence-electron chi connectivity index (χ0n) is 14.3. The predicted molar refractivity (Wildman–Crippen MR) is 93.2 cm³/mol. The first-order valence-corrected chi connectivity index (χ1v) is 8.35. The Morgan fingerprint density at radius 2 is 2.08 bits per heavy atom. The van der Waals surface area contributed by atoms with Crippen molar-refractivity contribution >= 4 is 5.91 Å². The summed E-state index contributed by atoms with van der Waals surface area (Å²) in [5.41, 5.74) is 3.87. The molecule has 4 rings (SSSR count). The Kier molecular flexibility index (Phi) is 4.40. The summed E-state index contributed by atoms with van der Waals surface area (Å²) in [6.45, 7) is 3.26. The average molecular weight is 350 g/mol. The first-order chi connectivity index (χ1) is 12.7. The van der Waals surface area contributed by atoms with Gasteiger partial charge in [0.2, 0.25) is 0 Å². The van der Waals surface area contributed by atoms with Gasteiger partial charge in [0.05, 0.1) is 36.9 Å². The summed E-state index contributed by atoms with van der Waals surface area (Å²) in [4.78, 5) is 27.2. The Morgan fingerprint density at radius 3 is 2.77 bits per heavy atom. The molecule has 8 heteroatoms. The Balaban J connectivity index is 1.48. The molecule has 1 aliphatic rings. The van der Waals surface area contributed by atoms with Gasteiger partial charge in [0, 0.05) is 36.3 Å². The first-order valence-electron chi connectivity index (χ1n) is 8.35. The zero-order valence-corrected chi connectivity index (χ0v) is 14.3. The van der Waals surface area contributed by atoms with Crippen molar-refractivity contribution in [2.75, 3.05) is 19.7 Å². The minimum absolute atomic E-state index is 0.138. The summed E-state index contributed by atoms with van der Waals surface area (Å²) in [7, 11) is 0. The van der Waals surface area contributed by atoms with Crippen molar-refractivity contribution in [3.8, 4) is 11.1 Å². The standard InChI is InChI=1S/C18H18N6O2/c1-12-6-20-16(10-19-12)18(25)24-4-5-26-17(11-24)15-3-2-13(7-21-15)14-8-22-23-9-14/h2-3,6-10,17H,4-5,11H2,1H3,(H,22,23). The van der Waals surface area contributed by atoms with E-state index < -0.39 is 0 Å². The minimum atomic E-state index is -0.260. The van der Waals surface area contributed by atoms with Gasteiger partial charge in [0.25, 0.3) is 5.91 Å². The molecule has 1 amide bonds. The number of aromatic amines is 1. The van der Waals surface area contributed by atoms with Crippen LogP contribution >= 0.6 is 0 Å².